The zero-order valence-electron chi connectivity index (χ0n) is 12.2. The maximum atomic E-state index is 6.00. The minimum atomic E-state index is 0.262. The molecule has 1 atom stereocenters. The second-order valence-corrected chi connectivity index (χ2v) is 6.81. The predicted octanol–water partition coefficient (Wildman–Crippen LogP) is 3.95. The molecule has 0 bridgehead atoms. The zero-order valence-corrected chi connectivity index (χ0v) is 13.0. The second-order valence-electron chi connectivity index (χ2n) is 5.80. The molecule has 1 fully saturated rings. The minimum absolute atomic E-state index is 0.262. The predicted molar refractivity (Wildman–Crippen MR) is 83.6 cm³/mol. The van der Waals surface area contributed by atoms with Gasteiger partial charge in [0.1, 0.15) is 0 Å². The standard InChI is InChI=1S/C16H26N2S/c1-3-15(17)9-14-8-12(2)16(18-10-14)19-11-13-6-4-5-7-13/h8,10,13,15H,3-7,9,11,17H2,1-2H3. The van der Waals surface area contributed by atoms with Gasteiger partial charge in [-0.2, -0.15) is 0 Å². The van der Waals surface area contributed by atoms with E-state index in [0.717, 1.165) is 18.8 Å². The third kappa shape index (κ3) is 4.50. The number of pyridine rings is 1. The first kappa shape index (κ1) is 14.9. The van der Waals surface area contributed by atoms with Crippen LogP contribution in [-0.4, -0.2) is 16.8 Å². The van der Waals surface area contributed by atoms with E-state index in [0.29, 0.717) is 0 Å². The van der Waals surface area contributed by atoms with E-state index in [4.69, 9.17) is 5.73 Å². The van der Waals surface area contributed by atoms with Crippen LogP contribution in [0.25, 0.3) is 0 Å². The molecule has 0 aliphatic heterocycles. The quantitative estimate of drug-likeness (QED) is 0.801. The van der Waals surface area contributed by atoms with Crippen LogP contribution < -0.4 is 5.73 Å². The summed E-state index contributed by atoms with van der Waals surface area (Å²) in [6.07, 6.45) is 9.65. The largest absolute Gasteiger partial charge is 0.327 e. The van der Waals surface area contributed by atoms with Gasteiger partial charge in [0.2, 0.25) is 0 Å². The number of nitrogens with two attached hydrogens (primary N) is 1. The molecule has 0 aromatic carbocycles. The van der Waals surface area contributed by atoms with Crippen molar-refractivity contribution in [2.24, 2.45) is 11.7 Å². The van der Waals surface area contributed by atoms with E-state index < -0.39 is 0 Å². The molecule has 3 heteroatoms. The van der Waals surface area contributed by atoms with Crippen molar-refractivity contribution in [3.05, 3.63) is 23.4 Å². The summed E-state index contributed by atoms with van der Waals surface area (Å²) in [7, 11) is 0. The van der Waals surface area contributed by atoms with Gasteiger partial charge >= 0.3 is 0 Å². The second kappa shape index (κ2) is 7.30. The van der Waals surface area contributed by atoms with Gasteiger partial charge < -0.3 is 5.73 Å². The molecule has 19 heavy (non-hydrogen) atoms. The molecule has 106 valence electrons. The highest BCUT2D eigenvalue weighted by molar-refractivity contribution is 7.99. The Morgan fingerprint density at radius 1 is 1.42 bits per heavy atom. The van der Waals surface area contributed by atoms with Gasteiger partial charge in [-0.1, -0.05) is 25.8 Å². The van der Waals surface area contributed by atoms with Crippen molar-refractivity contribution in [2.45, 2.75) is 63.4 Å². The normalized spacial score (nSPS) is 17.8. The van der Waals surface area contributed by atoms with Crippen LogP contribution in [0.1, 0.15) is 50.2 Å². The molecule has 1 aromatic heterocycles. The van der Waals surface area contributed by atoms with Gasteiger partial charge in [-0.25, -0.2) is 4.98 Å². The number of nitrogens with zero attached hydrogens (tertiary/aromatic N) is 1. The Hall–Kier alpha value is -0.540. The van der Waals surface area contributed by atoms with Gasteiger partial charge in [0, 0.05) is 18.0 Å². The monoisotopic (exact) mass is 278 g/mol. The Morgan fingerprint density at radius 3 is 2.79 bits per heavy atom. The summed E-state index contributed by atoms with van der Waals surface area (Å²) in [5.41, 5.74) is 8.59. The topological polar surface area (TPSA) is 38.9 Å². The van der Waals surface area contributed by atoms with E-state index >= 15 is 0 Å². The molecule has 2 rings (SSSR count). The van der Waals surface area contributed by atoms with Crippen molar-refractivity contribution < 1.29 is 0 Å². The Morgan fingerprint density at radius 2 is 2.16 bits per heavy atom. The van der Waals surface area contributed by atoms with Crippen LogP contribution in [0.4, 0.5) is 0 Å². The summed E-state index contributed by atoms with van der Waals surface area (Å²) in [5, 5.41) is 1.21. The summed E-state index contributed by atoms with van der Waals surface area (Å²) in [6.45, 7) is 4.31. The molecule has 1 saturated carbocycles. The van der Waals surface area contributed by atoms with Gasteiger partial charge in [-0.15, -0.1) is 11.8 Å². The Bertz CT molecular complexity index is 400. The molecule has 1 heterocycles. The lowest BCUT2D eigenvalue weighted by Crippen LogP contribution is -2.21. The van der Waals surface area contributed by atoms with E-state index in [9.17, 15) is 0 Å². The van der Waals surface area contributed by atoms with Crippen molar-refractivity contribution in [1.29, 1.82) is 0 Å². The van der Waals surface area contributed by atoms with E-state index in [1.54, 1.807) is 0 Å². The molecular weight excluding hydrogens is 252 g/mol. The fraction of sp³-hybridized carbons (Fsp3) is 0.688. The lowest BCUT2D eigenvalue weighted by molar-refractivity contribution is 0.622. The molecule has 1 aromatic rings. The van der Waals surface area contributed by atoms with Crippen LogP contribution in [0.5, 0.6) is 0 Å². The van der Waals surface area contributed by atoms with Crippen LogP contribution >= 0.6 is 11.8 Å². The van der Waals surface area contributed by atoms with E-state index in [1.165, 1.54) is 47.6 Å². The fourth-order valence-corrected chi connectivity index (χ4v) is 3.84. The number of aromatic nitrogens is 1. The Balaban J connectivity index is 1.90. The Labute approximate surface area is 121 Å². The average Bonchev–Trinajstić information content (AvgIpc) is 2.91. The molecule has 0 radical (unpaired) electrons. The van der Waals surface area contributed by atoms with Crippen molar-refractivity contribution in [2.75, 3.05) is 5.75 Å². The van der Waals surface area contributed by atoms with Crippen LogP contribution in [0.3, 0.4) is 0 Å². The SMILES string of the molecule is CCC(N)Cc1cnc(SCC2CCCC2)c(C)c1. The molecule has 0 amide bonds. The maximum Gasteiger partial charge on any atom is 0.0989 e. The number of rotatable bonds is 6. The maximum absolute atomic E-state index is 6.00. The van der Waals surface area contributed by atoms with Crippen LogP contribution in [-0.2, 0) is 6.42 Å². The molecule has 1 aliphatic rings. The molecule has 0 saturated heterocycles. The molecule has 1 unspecified atom stereocenters. The fourth-order valence-electron chi connectivity index (χ4n) is 2.70. The summed E-state index contributed by atoms with van der Waals surface area (Å²) < 4.78 is 0. The highest BCUT2D eigenvalue weighted by Gasteiger charge is 2.16. The molecule has 2 N–H and O–H groups in total. The van der Waals surface area contributed by atoms with Crippen LogP contribution in [0.15, 0.2) is 17.3 Å². The van der Waals surface area contributed by atoms with Gasteiger partial charge in [-0.05, 0) is 49.7 Å². The van der Waals surface area contributed by atoms with E-state index in [1.807, 2.05) is 18.0 Å². The van der Waals surface area contributed by atoms with Crippen molar-refractivity contribution in [3.63, 3.8) is 0 Å². The van der Waals surface area contributed by atoms with Crippen molar-refractivity contribution in [1.82, 2.24) is 4.98 Å². The van der Waals surface area contributed by atoms with Crippen LogP contribution in [0, 0.1) is 12.8 Å². The molecular formula is C16H26N2S. The summed E-state index contributed by atoms with van der Waals surface area (Å²) in [5.74, 6) is 2.15. The summed E-state index contributed by atoms with van der Waals surface area (Å²) in [4.78, 5) is 4.63. The van der Waals surface area contributed by atoms with E-state index in [2.05, 4.69) is 24.9 Å². The summed E-state index contributed by atoms with van der Waals surface area (Å²) >= 11 is 1.94. The smallest absolute Gasteiger partial charge is 0.0989 e. The molecule has 2 nitrogen and oxygen atoms in total. The highest BCUT2D eigenvalue weighted by atomic mass is 32.2. The van der Waals surface area contributed by atoms with Crippen molar-refractivity contribution in [3.8, 4) is 0 Å². The van der Waals surface area contributed by atoms with Gasteiger partial charge in [0.25, 0.3) is 0 Å². The van der Waals surface area contributed by atoms with E-state index in [-0.39, 0.29) is 6.04 Å². The third-order valence-corrected chi connectivity index (χ3v) is 5.38. The van der Waals surface area contributed by atoms with Crippen LogP contribution in [0.2, 0.25) is 0 Å². The van der Waals surface area contributed by atoms with Gasteiger partial charge in [0.05, 0.1) is 5.03 Å². The van der Waals surface area contributed by atoms with Gasteiger partial charge in [-0.3, -0.25) is 0 Å². The van der Waals surface area contributed by atoms with Gasteiger partial charge in [0.15, 0.2) is 0 Å². The third-order valence-electron chi connectivity index (χ3n) is 4.04. The lowest BCUT2D eigenvalue weighted by Gasteiger charge is -2.12. The Kier molecular flexibility index (Phi) is 5.71. The molecule has 0 spiro atoms. The number of aryl methyl sites for hydroxylation is 1. The first-order valence-corrected chi connectivity index (χ1v) is 8.51. The average molecular weight is 278 g/mol. The van der Waals surface area contributed by atoms with Crippen molar-refractivity contribution >= 4 is 11.8 Å². The highest BCUT2D eigenvalue weighted by Crippen LogP contribution is 2.31. The lowest BCUT2D eigenvalue weighted by atomic mass is 10.1. The minimum Gasteiger partial charge on any atom is -0.327 e. The number of thioether (sulfide) groups is 1. The molecule has 1 aliphatic carbocycles. The number of hydrogen-bond acceptors (Lipinski definition) is 3. The first-order valence-electron chi connectivity index (χ1n) is 7.53. The summed E-state index contributed by atoms with van der Waals surface area (Å²) in [6, 6.07) is 2.53. The number of hydrogen-bond donors (Lipinski definition) is 1. The first-order chi connectivity index (χ1) is 9.19. The zero-order chi connectivity index (χ0) is 13.7.